The van der Waals surface area contributed by atoms with E-state index in [1.54, 1.807) is 37.3 Å². The Morgan fingerprint density at radius 2 is 1.82 bits per heavy atom. The molecule has 2 rings (SSSR count). The Morgan fingerprint density at radius 1 is 1.18 bits per heavy atom. The lowest BCUT2D eigenvalue weighted by molar-refractivity contribution is -0.387. The van der Waals surface area contributed by atoms with Gasteiger partial charge in [0.2, 0.25) is 5.82 Å². The van der Waals surface area contributed by atoms with Crippen molar-refractivity contribution in [2.75, 3.05) is 10.8 Å². The summed E-state index contributed by atoms with van der Waals surface area (Å²) >= 11 is 0. The molecule has 22 heavy (non-hydrogen) atoms. The molecule has 0 bridgehead atoms. The van der Waals surface area contributed by atoms with E-state index in [-0.39, 0.29) is 11.4 Å². The van der Waals surface area contributed by atoms with E-state index in [9.17, 15) is 22.9 Å². The minimum absolute atomic E-state index is 0.136. The molecule has 0 aliphatic heterocycles. The maximum atomic E-state index is 13.4. The SMILES string of the molecule is CCN(c1ccccc1)S(=O)(=O)c1ccc(F)c([N+](=O)[O-])c1. The third-order valence-corrected chi connectivity index (χ3v) is 4.93. The molecule has 0 N–H and O–H groups in total. The van der Waals surface area contributed by atoms with E-state index in [2.05, 4.69) is 0 Å². The molecule has 0 spiro atoms. The first kappa shape index (κ1) is 15.9. The quantitative estimate of drug-likeness (QED) is 0.625. The van der Waals surface area contributed by atoms with Crippen LogP contribution in [-0.2, 0) is 10.0 Å². The molecule has 0 unspecified atom stereocenters. The minimum Gasteiger partial charge on any atom is -0.267 e. The van der Waals surface area contributed by atoms with Gasteiger partial charge in [-0.2, -0.15) is 4.39 Å². The van der Waals surface area contributed by atoms with Crippen molar-refractivity contribution in [1.82, 2.24) is 0 Å². The van der Waals surface area contributed by atoms with E-state index in [4.69, 9.17) is 0 Å². The fraction of sp³-hybridized carbons (Fsp3) is 0.143. The molecule has 0 radical (unpaired) electrons. The molecule has 6 nitrogen and oxygen atoms in total. The van der Waals surface area contributed by atoms with E-state index >= 15 is 0 Å². The third kappa shape index (κ3) is 2.91. The number of sulfonamides is 1. The lowest BCUT2D eigenvalue weighted by Gasteiger charge is -2.22. The van der Waals surface area contributed by atoms with E-state index in [0.29, 0.717) is 5.69 Å². The zero-order chi connectivity index (χ0) is 16.3. The number of para-hydroxylation sites is 1. The first-order chi connectivity index (χ1) is 10.4. The zero-order valence-corrected chi connectivity index (χ0v) is 12.5. The number of nitro groups is 1. The van der Waals surface area contributed by atoms with Crippen LogP contribution in [0.1, 0.15) is 6.92 Å². The summed E-state index contributed by atoms with van der Waals surface area (Å²) in [6.45, 7) is 1.78. The molecule has 0 aromatic heterocycles. The smallest absolute Gasteiger partial charge is 0.267 e. The average Bonchev–Trinajstić information content (AvgIpc) is 2.48. The predicted octanol–water partition coefficient (Wildman–Crippen LogP) is 2.95. The molecule has 0 aliphatic carbocycles. The van der Waals surface area contributed by atoms with Crippen LogP contribution < -0.4 is 4.31 Å². The molecule has 0 fully saturated rings. The lowest BCUT2D eigenvalue weighted by atomic mass is 10.3. The number of hydrogen-bond acceptors (Lipinski definition) is 4. The Labute approximate surface area is 127 Å². The van der Waals surface area contributed by atoms with Gasteiger partial charge in [0, 0.05) is 12.6 Å². The summed E-state index contributed by atoms with van der Waals surface area (Å²) in [6.07, 6.45) is 0. The summed E-state index contributed by atoms with van der Waals surface area (Å²) in [7, 11) is -4.01. The van der Waals surface area contributed by atoms with Crippen LogP contribution in [-0.4, -0.2) is 19.9 Å². The molecule has 0 amide bonds. The predicted molar refractivity (Wildman–Crippen MR) is 79.7 cm³/mol. The van der Waals surface area contributed by atoms with E-state index < -0.39 is 26.5 Å². The van der Waals surface area contributed by atoms with Gasteiger partial charge in [0.1, 0.15) is 0 Å². The van der Waals surface area contributed by atoms with E-state index in [1.165, 1.54) is 0 Å². The molecule has 0 heterocycles. The van der Waals surface area contributed by atoms with Crippen LogP contribution in [0.15, 0.2) is 53.4 Å². The van der Waals surface area contributed by atoms with Gasteiger partial charge in [-0.15, -0.1) is 0 Å². The summed E-state index contributed by atoms with van der Waals surface area (Å²) < 4.78 is 39.7. The Hall–Kier alpha value is -2.48. The van der Waals surface area contributed by atoms with Crippen LogP contribution in [0, 0.1) is 15.9 Å². The van der Waals surface area contributed by atoms with Gasteiger partial charge in [-0.1, -0.05) is 18.2 Å². The van der Waals surface area contributed by atoms with Crippen molar-refractivity contribution in [2.45, 2.75) is 11.8 Å². The normalized spacial score (nSPS) is 11.2. The highest BCUT2D eigenvalue weighted by Crippen LogP contribution is 2.27. The maximum Gasteiger partial charge on any atom is 0.306 e. The number of halogens is 1. The number of benzene rings is 2. The summed E-state index contributed by atoms with van der Waals surface area (Å²) in [6, 6.07) is 10.9. The van der Waals surface area contributed by atoms with Crippen LogP contribution in [0.5, 0.6) is 0 Å². The second kappa shape index (κ2) is 6.10. The van der Waals surface area contributed by atoms with Gasteiger partial charge in [0.15, 0.2) is 0 Å². The Morgan fingerprint density at radius 3 is 2.36 bits per heavy atom. The molecule has 2 aromatic rings. The van der Waals surface area contributed by atoms with Crippen molar-refractivity contribution in [2.24, 2.45) is 0 Å². The van der Waals surface area contributed by atoms with Crippen molar-refractivity contribution >= 4 is 21.4 Å². The Kier molecular flexibility index (Phi) is 4.41. The molecule has 2 aromatic carbocycles. The van der Waals surface area contributed by atoms with Crippen molar-refractivity contribution in [3.8, 4) is 0 Å². The maximum absolute atomic E-state index is 13.4. The van der Waals surface area contributed by atoms with Gasteiger partial charge in [0.05, 0.1) is 15.5 Å². The number of hydrogen-bond donors (Lipinski definition) is 0. The fourth-order valence-corrected chi connectivity index (χ4v) is 3.50. The van der Waals surface area contributed by atoms with Crippen molar-refractivity contribution in [3.63, 3.8) is 0 Å². The highest BCUT2D eigenvalue weighted by molar-refractivity contribution is 7.92. The van der Waals surface area contributed by atoms with Crippen molar-refractivity contribution in [1.29, 1.82) is 0 Å². The largest absolute Gasteiger partial charge is 0.306 e. The molecule has 0 saturated carbocycles. The summed E-state index contributed by atoms with van der Waals surface area (Å²) in [5.74, 6) is -1.08. The Balaban J connectivity index is 2.54. The zero-order valence-electron chi connectivity index (χ0n) is 11.6. The highest BCUT2D eigenvalue weighted by atomic mass is 32.2. The van der Waals surface area contributed by atoms with Crippen LogP contribution in [0.4, 0.5) is 15.8 Å². The topological polar surface area (TPSA) is 80.5 Å². The standard InChI is InChI=1S/C14H13FN2O4S/c1-2-16(11-6-4-3-5-7-11)22(20,21)12-8-9-13(15)14(10-12)17(18)19/h3-10H,2H2,1H3. The minimum atomic E-state index is -4.01. The van der Waals surface area contributed by atoms with E-state index in [1.807, 2.05) is 0 Å². The van der Waals surface area contributed by atoms with Crippen molar-refractivity contribution in [3.05, 3.63) is 64.5 Å². The summed E-state index contributed by atoms with van der Waals surface area (Å²) in [5, 5.41) is 10.8. The van der Waals surface area contributed by atoms with E-state index in [0.717, 1.165) is 22.5 Å². The fourth-order valence-electron chi connectivity index (χ4n) is 2.01. The number of rotatable bonds is 5. The number of anilines is 1. The first-order valence-electron chi connectivity index (χ1n) is 6.39. The molecular weight excluding hydrogens is 311 g/mol. The van der Waals surface area contributed by atoms with Gasteiger partial charge in [0.25, 0.3) is 10.0 Å². The number of nitrogens with zero attached hydrogens (tertiary/aromatic N) is 2. The highest BCUT2D eigenvalue weighted by Gasteiger charge is 2.27. The number of nitro benzene ring substituents is 1. The summed E-state index contributed by atoms with van der Waals surface area (Å²) in [5.41, 5.74) is -0.442. The Bertz CT molecular complexity index is 794. The van der Waals surface area contributed by atoms with Gasteiger partial charge >= 0.3 is 5.69 Å². The molecule has 116 valence electrons. The van der Waals surface area contributed by atoms with Crippen molar-refractivity contribution < 1.29 is 17.7 Å². The second-order valence-electron chi connectivity index (χ2n) is 4.38. The molecule has 0 saturated heterocycles. The van der Waals surface area contributed by atoms with Crippen LogP contribution in [0.3, 0.4) is 0 Å². The van der Waals surface area contributed by atoms with Gasteiger partial charge in [-0.25, -0.2) is 8.42 Å². The van der Waals surface area contributed by atoms with Gasteiger partial charge in [-0.05, 0) is 31.2 Å². The summed E-state index contributed by atoms with van der Waals surface area (Å²) in [4.78, 5) is 9.49. The molecule has 0 aliphatic rings. The van der Waals surface area contributed by atoms with Gasteiger partial charge < -0.3 is 0 Å². The average molecular weight is 324 g/mol. The third-order valence-electron chi connectivity index (χ3n) is 3.03. The monoisotopic (exact) mass is 324 g/mol. The van der Waals surface area contributed by atoms with Crippen LogP contribution in [0.25, 0.3) is 0 Å². The first-order valence-corrected chi connectivity index (χ1v) is 7.83. The molecular formula is C14H13FN2O4S. The molecule has 0 atom stereocenters. The molecule has 8 heteroatoms. The van der Waals surface area contributed by atoms with Crippen LogP contribution in [0.2, 0.25) is 0 Å². The second-order valence-corrected chi connectivity index (χ2v) is 6.24. The lowest BCUT2D eigenvalue weighted by Crippen LogP contribution is -2.30. The van der Waals surface area contributed by atoms with Gasteiger partial charge in [-0.3, -0.25) is 14.4 Å². The van der Waals surface area contributed by atoms with Crippen LogP contribution >= 0.6 is 0 Å².